The number of methoxy groups -OCH3 is 1. The van der Waals surface area contributed by atoms with Crippen molar-refractivity contribution in [2.45, 2.75) is 26.9 Å². The molecule has 0 amide bonds. The van der Waals surface area contributed by atoms with E-state index in [1.807, 2.05) is 32.0 Å². The standard InChI is InChI=1S/C23H23F3N4O2S/c1-4-33-13-27-10-15-6-5-14(2)19(9-15)28-23-29-22(31)20(32-3)12-30(23)11-16-7-17(24)21(26)18(25)8-16/h5-9,12-13H,4,10-11H2,1-3H3,(H,28,29,31)/b27-13-. The molecule has 174 valence electrons. The summed E-state index contributed by atoms with van der Waals surface area (Å²) in [6.45, 7) is 4.33. The van der Waals surface area contributed by atoms with Gasteiger partial charge in [0.15, 0.2) is 17.5 Å². The Morgan fingerprint density at radius 2 is 1.91 bits per heavy atom. The average molecular weight is 477 g/mol. The summed E-state index contributed by atoms with van der Waals surface area (Å²) in [6.07, 6.45) is 1.38. The Hall–Kier alpha value is -3.27. The lowest BCUT2D eigenvalue weighted by molar-refractivity contribution is 0.402. The summed E-state index contributed by atoms with van der Waals surface area (Å²) < 4.78 is 47.3. The Kier molecular flexibility index (Phi) is 8.16. The zero-order chi connectivity index (χ0) is 24.0. The number of hydrogen-bond acceptors (Lipinski definition) is 6. The van der Waals surface area contributed by atoms with Crippen molar-refractivity contribution in [3.8, 4) is 5.75 Å². The molecule has 0 aliphatic rings. The van der Waals surface area contributed by atoms with E-state index in [4.69, 9.17) is 4.74 Å². The van der Waals surface area contributed by atoms with Gasteiger partial charge < -0.3 is 14.6 Å². The number of aromatic nitrogens is 2. The highest BCUT2D eigenvalue weighted by molar-refractivity contribution is 8.12. The summed E-state index contributed by atoms with van der Waals surface area (Å²) in [4.78, 5) is 20.7. The summed E-state index contributed by atoms with van der Waals surface area (Å²) in [5.74, 6) is -3.11. The van der Waals surface area contributed by atoms with E-state index in [1.165, 1.54) is 17.9 Å². The Morgan fingerprint density at radius 3 is 2.58 bits per heavy atom. The van der Waals surface area contributed by atoms with Crippen molar-refractivity contribution in [1.82, 2.24) is 9.55 Å². The van der Waals surface area contributed by atoms with Gasteiger partial charge in [-0.2, -0.15) is 4.98 Å². The second-order valence-corrected chi connectivity index (χ2v) is 8.24. The van der Waals surface area contributed by atoms with Crippen LogP contribution in [0.25, 0.3) is 0 Å². The molecule has 0 bridgehead atoms. The van der Waals surface area contributed by atoms with Gasteiger partial charge in [0.2, 0.25) is 11.7 Å². The van der Waals surface area contributed by atoms with Crippen LogP contribution in [0.2, 0.25) is 0 Å². The topological polar surface area (TPSA) is 68.5 Å². The molecule has 6 nitrogen and oxygen atoms in total. The maximum atomic E-state index is 13.7. The van der Waals surface area contributed by atoms with Crippen LogP contribution in [0.3, 0.4) is 0 Å². The molecular formula is C23H23F3N4O2S. The zero-order valence-corrected chi connectivity index (χ0v) is 19.2. The smallest absolute Gasteiger partial charge is 0.316 e. The number of ether oxygens (including phenoxy) is 1. The minimum atomic E-state index is -1.54. The van der Waals surface area contributed by atoms with Gasteiger partial charge in [-0.15, -0.1) is 11.8 Å². The van der Waals surface area contributed by atoms with Gasteiger partial charge in [0.1, 0.15) is 0 Å². The SMILES string of the molecule is CCS/C=N\Cc1ccc(C)c(Nc2nc(=O)c(OC)cn2Cc2cc(F)c(F)c(F)c2)c1. The van der Waals surface area contributed by atoms with Gasteiger partial charge in [0, 0.05) is 5.69 Å². The van der Waals surface area contributed by atoms with Crippen LogP contribution in [0.4, 0.5) is 24.8 Å². The maximum absolute atomic E-state index is 13.7. The molecule has 0 spiro atoms. The molecule has 0 atom stereocenters. The monoisotopic (exact) mass is 476 g/mol. The van der Waals surface area contributed by atoms with Gasteiger partial charge in [0.05, 0.1) is 31.9 Å². The van der Waals surface area contributed by atoms with Crippen LogP contribution in [0.5, 0.6) is 5.75 Å². The van der Waals surface area contributed by atoms with Gasteiger partial charge in [-0.05, 0) is 47.6 Å². The van der Waals surface area contributed by atoms with Crippen LogP contribution < -0.4 is 15.6 Å². The molecule has 0 aliphatic heterocycles. The first kappa shape index (κ1) is 24.4. The van der Waals surface area contributed by atoms with Gasteiger partial charge in [-0.1, -0.05) is 19.1 Å². The number of aryl methyl sites for hydroxylation is 1. The minimum Gasteiger partial charge on any atom is -0.490 e. The van der Waals surface area contributed by atoms with E-state index in [2.05, 4.69) is 15.3 Å². The van der Waals surface area contributed by atoms with Gasteiger partial charge >= 0.3 is 5.56 Å². The molecular weight excluding hydrogens is 453 g/mol. The summed E-state index contributed by atoms with van der Waals surface area (Å²) in [6, 6.07) is 7.54. The Labute approximate surface area is 193 Å². The Balaban J connectivity index is 1.96. The third-order valence-electron chi connectivity index (χ3n) is 4.72. The van der Waals surface area contributed by atoms with Crippen LogP contribution in [0, 0.1) is 24.4 Å². The largest absolute Gasteiger partial charge is 0.490 e. The lowest BCUT2D eigenvalue weighted by Gasteiger charge is -2.17. The van der Waals surface area contributed by atoms with E-state index in [1.54, 1.807) is 17.3 Å². The quantitative estimate of drug-likeness (QED) is 0.266. The molecule has 0 aliphatic carbocycles. The Bertz CT molecular complexity index is 1210. The number of anilines is 2. The number of aliphatic imine (C=N–C) groups is 1. The van der Waals surface area contributed by atoms with E-state index >= 15 is 0 Å². The molecule has 1 aromatic heterocycles. The van der Waals surface area contributed by atoms with Crippen molar-refractivity contribution in [3.05, 3.63) is 81.0 Å². The van der Waals surface area contributed by atoms with Crippen LogP contribution in [-0.4, -0.2) is 28.0 Å². The number of nitrogens with zero attached hydrogens (tertiary/aromatic N) is 3. The average Bonchev–Trinajstić information content (AvgIpc) is 2.78. The van der Waals surface area contributed by atoms with E-state index in [0.29, 0.717) is 12.2 Å². The fourth-order valence-electron chi connectivity index (χ4n) is 3.02. The highest BCUT2D eigenvalue weighted by Gasteiger charge is 2.15. The van der Waals surface area contributed by atoms with Crippen molar-refractivity contribution in [2.75, 3.05) is 18.2 Å². The number of halogens is 3. The lowest BCUT2D eigenvalue weighted by Crippen LogP contribution is -2.19. The van der Waals surface area contributed by atoms with Crippen LogP contribution in [0.1, 0.15) is 23.6 Å². The molecule has 0 unspecified atom stereocenters. The molecule has 0 fully saturated rings. The molecule has 1 heterocycles. The zero-order valence-electron chi connectivity index (χ0n) is 18.4. The Morgan fingerprint density at radius 1 is 1.18 bits per heavy atom. The highest BCUT2D eigenvalue weighted by atomic mass is 32.2. The minimum absolute atomic E-state index is 0.0446. The van der Waals surface area contributed by atoms with Crippen molar-refractivity contribution < 1.29 is 17.9 Å². The van der Waals surface area contributed by atoms with Crippen molar-refractivity contribution in [3.63, 3.8) is 0 Å². The predicted octanol–water partition coefficient (Wildman–Crippen LogP) is 5.05. The molecule has 0 saturated heterocycles. The summed E-state index contributed by atoms with van der Waals surface area (Å²) in [7, 11) is 1.32. The first-order valence-corrected chi connectivity index (χ1v) is 11.1. The molecule has 0 radical (unpaired) electrons. The molecule has 10 heteroatoms. The fourth-order valence-corrected chi connectivity index (χ4v) is 3.35. The number of nitrogens with one attached hydrogen (secondary N) is 1. The number of hydrogen-bond donors (Lipinski definition) is 1. The molecule has 3 aromatic rings. The normalized spacial score (nSPS) is 11.2. The second-order valence-electron chi connectivity index (χ2n) is 7.12. The maximum Gasteiger partial charge on any atom is 0.316 e. The van der Waals surface area contributed by atoms with E-state index in [0.717, 1.165) is 29.0 Å². The van der Waals surface area contributed by atoms with E-state index in [-0.39, 0.29) is 23.8 Å². The fraction of sp³-hybridized carbons (Fsp3) is 0.261. The molecule has 1 N–H and O–H groups in total. The van der Waals surface area contributed by atoms with Crippen LogP contribution in [0.15, 0.2) is 46.3 Å². The number of thioether (sulfide) groups is 1. The molecule has 2 aromatic carbocycles. The first-order chi connectivity index (χ1) is 15.8. The van der Waals surface area contributed by atoms with Crippen LogP contribution >= 0.6 is 11.8 Å². The van der Waals surface area contributed by atoms with Crippen molar-refractivity contribution in [2.24, 2.45) is 4.99 Å². The van der Waals surface area contributed by atoms with Gasteiger partial charge in [-0.25, -0.2) is 13.2 Å². The molecule has 3 rings (SSSR count). The number of rotatable bonds is 9. The lowest BCUT2D eigenvalue weighted by atomic mass is 10.1. The predicted molar refractivity (Wildman–Crippen MR) is 125 cm³/mol. The van der Waals surface area contributed by atoms with Gasteiger partial charge in [0.25, 0.3) is 0 Å². The first-order valence-electron chi connectivity index (χ1n) is 10.1. The molecule has 33 heavy (non-hydrogen) atoms. The third kappa shape index (κ3) is 6.16. The summed E-state index contributed by atoms with van der Waals surface area (Å²) in [5, 5.41) is 3.11. The highest BCUT2D eigenvalue weighted by Crippen LogP contribution is 2.23. The second kappa shape index (κ2) is 11.0. The number of benzene rings is 2. The summed E-state index contributed by atoms with van der Waals surface area (Å²) in [5.41, 5.74) is 3.87. The summed E-state index contributed by atoms with van der Waals surface area (Å²) >= 11 is 1.60. The molecule has 0 saturated carbocycles. The van der Waals surface area contributed by atoms with Crippen LogP contribution in [-0.2, 0) is 13.1 Å². The van der Waals surface area contributed by atoms with E-state index in [9.17, 15) is 18.0 Å². The van der Waals surface area contributed by atoms with Gasteiger partial charge in [-0.3, -0.25) is 9.79 Å². The van der Waals surface area contributed by atoms with Crippen molar-refractivity contribution >= 4 is 28.9 Å². The van der Waals surface area contributed by atoms with Crippen molar-refractivity contribution in [1.29, 1.82) is 0 Å². The third-order valence-corrected chi connectivity index (χ3v) is 5.35. The van der Waals surface area contributed by atoms with E-state index < -0.39 is 23.0 Å².